The van der Waals surface area contributed by atoms with E-state index in [4.69, 9.17) is 0 Å². The first-order valence-electron chi connectivity index (χ1n) is 6.28. The minimum Gasteiger partial charge on any atom is -0.0837 e. The number of rotatable bonds is 0. The van der Waals surface area contributed by atoms with Crippen molar-refractivity contribution in [3.8, 4) is 0 Å². The normalized spacial score (nSPS) is 37.6. The molecule has 2 atom stereocenters. The van der Waals surface area contributed by atoms with Gasteiger partial charge in [-0.05, 0) is 37.0 Å². The van der Waals surface area contributed by atoms with Gasteiger partial charge in [-0.1, -0.05) is 62.0 Å². The van der Waals surface area contributed by atoms with E-state index < -0.39 is 0 Å². The van der Waals surface area contributed by atoms with Crippen molar-refractivity contribution in [3.63, 3.8) is 0 Å². The van der Waals surface area contributed by atoms with E-state index in [0.29, 0.717) is 17.3 Å². The van der Waals surface area contributed by atoms with Crippen LogP contribution in [0.15, 0.2) is 48.1 Å². The lowest BCUT2D eigenvalue weighted by Crippen LogP contribution is -2.28. The van der Waals surface area contributed by atoms with E-state index in [9.17, 15) is 0 Å². The SMILES string of the molecule is CC1=C/CC(C)(C)C2C=CC=CC2C/C=C\1. The van der Waals surface area contributed by atoms with Crippen LogP contribution in [0, 0.1) is 17.3 Å². The molecule has 0 N–H and O–H groups in total. The van der Waals surface area contributed by atoms with Crippen LogP contribution in [0.2, 0.25) is 0 Å². The van der Waals surface area contributed by atoms with Crippen molar-refractivity contribution in [2.45, 2.75) is 33.6 Å². The first kappa shape index (κ1) is 11.4. The predicted octanol–water partition coefficient (Wildman–Crippen LogP) is 4.67. The van der Waals surface area contributed by atoms with Gasteiger partial charge in [0, 0.05) is 0 Å². The molecule has 0 radical (unpaired) electrons. The molecular formula is C16H22. The summed E-state index contributed by atoms with van der Waals surface area (Å²) in [5.74, 6) is 1.35. The van der Waals surface area contributed by atoms with Crippen LogP contribution in [0.25, 0.3) is 0 Å². The van der Waals surface area contributed by atoms with Crippen molar-refractivity contribution in [3.05, 3.63) is 48.1 Å². The molecule has 2 unspecified atom stereocenters. The minimum atomic E-state index is 0.360. The van der Waals surface area contributed by atoms with Crippen LogP contribution in [-0.2, 0) is 0 Å². The highest BCUT2D eigenvalue weighted by molar-refractivity contribution is 5.23. The molecule has 0 aromatic carbocycles. The summed E-state index contributed by atoms with van der Waals surface area (Å²) in [5.41, 5.74) is 1.76. The van der Waals surface area contributed by atoms with Gasteiger partial charge in [0.2, 0.25) is 0 Å². The average molecular weight is 214 g/mol. The summed E-state index contributed by atoms with van der Waals surface area (Å²) in [5, 5.41) is 0. The second kappa shape index (κ2) is 4.45. The molecule has 0 heteroatoms. The van der Waals surface area contributed by atoms with Crippen LogP contribution in [0.5, 0.6) is 0 Å². The van der Waals surface area contributed by atoms with E-state index in [1.165, 1.54) is 18.4 Å². The summed E-state index contributed by atoms with van der Waals surface area (Å²) in [6, 6.07) is 0. The maximum atomic E-state index is 2.40. The molecule has 0 saturated heterocycles. The Kier molecular flexibility index (Phi) is 3.18. The fourth-order valence-corrected chi connectivity index (χ4v) is 2.76. The van der Waals surface area contributed by atoms with Gasteiger partial charge in [-0.15, -0.1) is 0 Å². The number of hydrogen-bond donors (Lipinski definition) is 0. The van der Waals surface area contributed by atoms with Crippen LogP contribution >= 0.6 is 0 Å². The molecule has 16 heavy (non-hydrogen) atoms. The maximum absolute atomic E-state index is 2.40. The molecule has 0 aliphatic heterocycles. The standard InChI is InChI=1S/C16H22/c1-13-7-6-9-14-8-4-5-10-15(14)16(2,3)12-11-13/h4-8,10-11,14-15H,9,12H2,1-3H3/b7-6-,13-11-. The van der Waals surface area contributed by atoms with Gasteiger partial charge in [-0.3, -0.25) is 0 Å². The quantitative estimate of drug-likeness (QED) is 0.550. The van der Waals surface area contributed by atoms with Gasteiger partial charge >= 0.3 is 0 Å². The lowest BCUT2D eigenvalue weighted by molar-refractivity contribution is 0.211. The molecule has 2 rings (SSSR count). The molecule has 0 saturated carbocycles. The van der Waals surface area contributed by atoms with E-state index in [2.05, 4.69) is 63.3 Å². The summed E-state index contributed by atoms with van der Waals surface area (Å²) in [4.78, 5) is 0. The van der Waals surface area contributed by atoms with Gasteiger partial charge in [0.05, 0.1) is 0 Å². The molecule has 0 heterocycles. The zero-order valence-corrected chi connectivity index (χ0v) is 10.6. The maximum Gasteiger partial charge on any atom is -0.0110 e. The van der Waals surface area contributed by atoms with Crippen LogP contribution in [0.3, 0.4) is 0 Å². The predicted molar refractivity (Wildman–Crippen MR) is 71.2 cm³/mol. The third kappa shape index (κ3) is 2.37. The Morgan fingerprint density at radius 2 is 1.94 bits per heavy atom. The van der Waals surface area contributed by atoms with Gasteiger partial charge in [-0.2, -0.15) is 0 Å². The number of allylic oxidation sites excluding steroid dienone is 8. The van der Waals surface area contributed by atoms with Crippen LogP contribution in [0.4, 0.5) is 0 Å². The van der Waals surface area contributed by atoms with Crippen molar-refractivity contribution in [2.75, 3.05) is 0 Å². The average Bonchev–Trinajstić information content (AvgIpc) is 2.31. The van der Waals surface area contributed by atoms with Gasteiger partial charge in [-0.25, -0.2) is 0 Å². The molecule has 0 aromatic heterocycles. The highest BCUT2D eigenvalue weighted by atomic mass is 14.4. The Morgan fingerprint density at radius 1 is 1.19 bits per heavy atom. The molecule has 2 aliphatic rings. The Balaban J connectivity index is 2.30. The minimum absolute atomic E-state index is 0.360. The van der Waals surface area contributed by atoms with Crippen LogP contribution in [0.1, 0.15) is 33.6 Å². The van der Waals surface area contributed by atoms with Crippen molar-refractivity contribution in [1.82, 2.24) is 0 Å². The van der Waals surface area contributed by atoms with E-state index in [0.717, 1.165) is 0 Å². The molecule has 0 aromatic rings. The third-order valence-corrected chi connectivity index (χ3v) is 3.89. The van der Waals surface area contributed by atoms with Crippen molar-refractivity contribution in [1.29, 1.82) is 0 Å². The van der Waals surface area contributed by atoms with Gasteiger partial charge in [0.1, 0.15) is 0 Å². The lowest BCUT2D eigenvalue weighted by Gasteiger charge is -2.37. The van der Waals surface area contributed by atoms with Crippen molar-refractivity contribution in [2.24, 2.45) is 17.3 Å². The Labute approximate surface area is 99.4 Å². The molecular weight excluding hydrogens is 192 g/mol. The largest absolute Gasteiger partial charge is 0.0837 e. The molecule has 0 bridgehead atoms. The zero-order valence-electron chi connectivity index (χ0n) is 10.6. The fourth-order valence-electron chi connectivity index (χ4n) is 2.76. The Morgan fingerprint density at radius 3 is 2.75 bits per heavy atom. The zero-order chi connectivity index (χ0) is 11.6. The Bertz CT molecular complexity index is 363. The van der Waals surface area contributed by atoms with Gasteiger partial charge < -0.3 is 0 Å². The van der Waals surface area contributed by atoms with Gasteiger partial charge in [0.25, 0.3) is 0 Å². The van der Waals surface area contributed by atoms with E-state index in [-0.39, 0.29) is 0 Å². The summed E-state index contributed by atoms with van der Waals surface area (Å²) >= 11 is 0. The topological polar surface area (TPSA) is 0 Å². The first-order valence-corrected chi connectivity index (χ1v) is 6.28. The summed E-state index contributed by atoms with van der Waals surface area (Å²) in [7, 11) is 0. The highest BCUT2D eigenvalue weighted by Gasteiger charge is 2.32. The second-order valence-corrected chi connectivity index (χ2v) is 5.74. The molecule has 0 nitrogen and oxygen atoms in total. The lowest BCUT2D eigenvalue weighted by atomic mass is 9.68. The van der Waals surface area contributed by atoms with E-state index in [1.54, 1.807) is 0 Å². The summed E-state index contributed by atoms with van der Waals surface area (Å²) in [6.45, 7) is 6.99. The van der Waals surface area contributed by atoms with Crippen LogP contribution in [-0.4, -0.2) is 0 Å². The van der Waals surface area contributed by atoms with Gasteiger partial charge in [0.15, 0.2) is 0 Å². The highest BCUT2D eigenvalue weighted by Crippen LogP contribution is 2.41. The molecule has 0 fully saturated rings. The van der Waals surface area contributed by atoms with Crippen LogP contribution < -0.4 is 0 Å². The van der Waals surface area contributed by atoms with Crippen molar-refractivity contribution < 1.29 is 0 Å². The molecule has 86 valence electrons. The molecule has 0 spiro atoms. The number of fused-ring (bicyclic) bond motifs is 1. The van der Waals surface area contributed by atoms with E-state index >= 15 is 0 Å². The third-order valence-electron chi connectivity index (χ3n) is 3.89. The summed E-state index contributed by atoms with van der Waals surface area (Å²) in [6.07, 6.45) is 18.5. The van der Waals surface area contributed by atoms with Crippen molar-refractivity contribution >= 4 is 0 Å². The molecule has 0 amide bonds. The monoisotopic (exact) mass is 214 g/mol. The molecule has 2 aliphatic carbocycles. The first-order chi connectivity index (χ1) is 7.59. The smallest absolute Gasteiger partial charge is 0.0110 e. The second-order valence-electron chi connectivity index (χ2n) is 5.74. The number of hydrogen-bond acceptors (Lipinski definition) is 0. The summed E-state index contributed by atoms with van der Waals surface area (Å²) < 4.78 is 0. The fraction of sp³-hybridized carbons (Fsp3) is 0.500. The van der Waals surface area contributed by atoms with E-state index in [1.807, 2.05) is 0 Å². The Hall–Kier alpha value is -1.04.